The van der Waals surface area contributed by atoms with Gasteiger partial charge in [0.15, 0.2) is 0 Å². The van der Waals surface area contributed by atoms with Gasteiger partial charge >= 0.3 is 5.97 Å². The number of hydrogen-bond donors (Lipinski definition) is 2. The van der Waals surface area contributed by atoms with Crippen molar-refractivity contribution in [1.82, 2.24) is 0 Å². The molecule has 1 fully saturated rings. The molecular formula is C12H14FNO2. The second-order valence-corrected chi connectivity index (χ2v) is 4.38. The highest BCUT2D eigenvalue weighted by atomic mass is 19.1. The third-order valence-corrected chi connectivity index (χ3v) is 3.45. The van der Waals surface area contributed by atoms with Gasteiger partial charge < -0.3 is 10.8 Å². The first-order valence-corrected chi connectivity index (χ1v) is 5.23. The third kappa shape index (κ3) is 1.50. The van der Waals surface area contributed by atoms with Gasteiger partial charge in [-0.2, -0.15) is 0 Å². The number of carboxylic acids is 1. The maximum Gasteiger partial charge on any atom is 0.321 e. The molecule has 3 N–H and O–H groups in total. The van der Waals surface area contributed by atoms with Crippen molar-refractivity contribution >= 4 is 5.97 Å². The van der Waals surface area contributed by atoms with Crippen molar-refractivity contribution in [2.75, 3.05) is 0 Å². The Labute approximate surface area is 93.1 Å². The Morgan fingerprint density at radius 1 is 1.56 bits per heavy atom. The fourth-order valence-electron chi connectivity index (χ4n) is 2.27. The number of aliphatic carboxylic acids is 1. The average molecular weight is 223 g/mol. The molecule has 0 bridgehead atoms. The van der Waals surface area contributed by atoms with Crippen LogP contribution in [0.5, 0.6) is 0 Å². The second-order valence-electron chi connectivity index (χ2n) is 4.38. The fraction of sp³-hybridized carbons (Fsp3) is 0.417. The number of halogens is 1. The van der Waals surface area contributed by atoms with Crippen LogP contribution in [-0.4, -0.2) is 17.1 Å². The summed E-state index contributed by atoms with van der Waals surface area (Å²) in [6.45, 7) is 1.67. The highest BCUT2D eigenvalue weighted by molar-refractivity contribution is 5.77. The lowest BCUT2D eigenvalue weighted by molar-refractivity contribution is -0.139. The summed E-state index contributed by atoms with van der Waals surface area (Å²) < 4.78 is 13.4. The minimum Gasteiger partial charge on any atom is -0.480 e. The Morgan fingerprint density at radius 2 is 2.19 bits per heavy atom. The molecule has 0 amide bonds. The Bertz CT molecular complexity index is 441. The van der Waals surface area contributed by atoms with Crippen LogP contribution in [0.25, 0.3) is 0 Å². The number of hydrogen-bond acceptors (Lipinski definition) is 2. The van der Waals surface area contributed by atoms with Gasteiger partial charge in [0.05, 0.1) is 0 Å². The zero-order chi connectivity index (χ0) is 11.9. The molecule has 1 aliphatic rings. The molecule has 0 heterocycles. The summed E-state index contributed by atoms with van der Waals surface area (Å²) in [6, 6.07) is 3.80. The molecular weight excluding hydrogens is 209 g/mol. The van der Waals surface area contributed by atoms with Crippen LogP contribution in [0.2, 0.25) is 0 Å². The highest BCUT2D eigenvalue weighted by Crippen LogP contribution is 2.51. The van der Waals surface area contributed by atoms with E-state index >= 15 is 0 Å². The van der Waals surface area contributed by atoms with Gasteiger partial charge in [0, 0.05) is 5.41 Å². The maximum atomic E-state index is 13.4. The van der Waals surface area contributed by atoms with Crippen LogP contribution < -0.4 is 5.73 Å². The Morgan fingerprint density at radius 3 is 2.69 bits per heavy atom. The van der Waals surface area contributed by atoms with E-state index in [1.165, 1.54) is 6.07 Å². The highest BCUT2D eigenvalue weighted by Gasteiger charge is 2.53. The summed E-state index contributed by atoms with van der Waals surface area (Å²) in [6.07, 6.45) is 1.43. The quantitative estimate of drug-likeness (QED) is 0.817. The van der Waals surface area contributed by atoms with Crippen LogP contribution in [0, 0.1) is 12.7 Å². The summed E-state index contributed by atoms with van der Waals surface area (Å²) in [5, 5.41) is 8.96. The summed E-state index contributed by atoms with van der Waals surface area (Å²) in [5.74, 6) is -1.33. The van der Waals surface area contributed by atoms with Crippen molar-refractivity contribution in [3.8, 4) is 0 Å². The molecule has 0 saturated heterocycles. The largest absolute Gasteiger partial charge is 0.480 e. The van der Waals surface area contributed by atoms with E-state index in [2.05, 4.69) is 0 Å². The third-order valence-electron chi connectivity index (χ3n) is 3.45. The van der Waals surface area contributed by atoms with E-state index in [1.54, 1.807) is 19.1 Å². The number of carboxylic acid groups (broad SMARTS) is 1. The van der Waals surface area contributed by atoms with Crippen LogP contribution in [0.4, 0.5) is 4.39 Å². The summed E-state index contributed by atoms with van der Waals surface area (Å²) in [4.78, 5) is 10.9. The molecule has 4 heteroatoms. The van der Waals surface area contributed by atoms with E-state index in [1.807, 2.05) is 0 Å². The zero-order valence-corrected chi connectivity index (χ0v) is 9.03. The molecule has 1 saturated carbocycles. The molecule has 2 rings (SSSR count). The van der Waals surface area contributed by atoms with Crippen LogP contribution in [0.1, 0.15) is 24.0 Å². The van der Waals surface area contributed by atoms with Crippen molar-refractivity contribution in [1.29, 1.82) is 0 Å². The molecule has 16 heavy (non-hydrogen) atoms. The van der Waals surface area contributed by atoms with Gasteiger partial charge in [0.2, 0.25) is 0 Å². The van der Waals surface area contributed by atoms with Crippen LogP contribution in [0.15, 0.2) is 18.2 Å². The Hall–Kier alpha value is -1.42. The van der Waals surface area contributed by atoms with Crippen LogP contribution in [0.3, 0.4) is 0 Å². The lowest BCUT2D eigenvalue weighted by atomic mass is 9.85. The summed E-state index contributed by atoms with van der Waals surface area (Å²) >= 11 is 0. The van der Waals surface area contributed by atoms with Gasteiger partial charge in [0.1, 0.15) is 11.9 Å². The predicted molar refractivity (Wildman–Crippen MR) is 57.7 cm³/mol. The van der Waals surface area contributed by atoms with Gasteiger partial charge in [0.25, 0.3) is 0 Å². The number of carbonyl (C=O) groups is 1. The van der Waals surface area contributed by atoms with E-state index in [0.29, 0.717) is 18.4 Å². The normalized spacial score (nSPS) is 19.2. The van der Waals surface area contributed by atoms with Gasteiger partial charge in [-0.25, -0.2) is 4.39 Å². The molecule has 86 valence electrons. The Kier molecular flexibility index (Phi) is 2.46. The molecule has 0 aromatic heterocycles. The SMILES string of the molecule is Cc1c(F)cccc1C1(C(N)C(=O)O)CC1. The minimum absolute atomic E-state index is 0.304. The molecule has 3 nitrogen and oxygen atoms in total. The van der Waals surface area contributed by atoms with Gasteiger partial charge in [-0.1, -0.05) is 12.1 Å². The average Bonchev–Trinajstić information content (AvgIpc) is 3.02. The fourth-order valence-corrected chi connectivity index (χ4v) is 2.27. The first-order valence-electron chi connectivity index (χ1n) is 5.23. The van der Waals surface area contributed by atoms with Gasteiger partial charge in [-0.3, -0.25) is 4.79 Å². The smallest absolute Gasteiger partial charge is 0.321 e. The van der Waals surface area contributed by atoms with Crippen molar-refractivity contribution < 1.29 is 14.3 Å². The first-order chi connectivity index (χ1) is 7.49. The summed E-state index contributed by atoms with van der Waals surface area (Å²) in [7, 11) is 0. The number of rotatable bonds is 3. The van der Waals surface area contributed by atoms with E-state index in [-0.39, 0.29) is 5.82 Å². The van der Waals surface area contributed by atoms with E-state index in [9.17, 15) is 9.18 Å². The Balaban J connectivity index is 2.45. The minimum atomic E-state index is -1.03. The van der Waals surface area contributed by atoms with Crippen molar-refractivity contribution in [3.63, 3.8) is 0 Å². The van der Waals surface area contributed by atoms with E-state index in [4.69, 9.17) is 10.8 Å². The van der Waals surface area contributed by atoms with Crippen molar-refractivity contribution in [2.24, 2.45) is 5.73 Å². The van der Waals surface area contributed by atoms with Crippen LogP contribution in [-0.2, 0) is 10.2 Å². The maximum absolute atomic E-state index is 13.4. The van der Waals surface area contributed by atoms with Gasteiger partial charge in [-0.15, -0.1) is 0 Å². The molecule has 1 aliphatic carbocycles. The number of nitrogens with two attached hydrogens (primary N) is 1. The molecule has 0 radical (unpaired) electrons. The lowest BCUT2D eigenvalue weighted by Crippen LogP contribution is -2.42. The second kappa shape index (κ2) is 3.56. The predicted octanol–water partition coefficient (Wildman–Crippen LogP) is 1.58. The molecule has 0 aliphatic heterocycles. The van der Waals surface area contributed by atoms with Crippen molar-refractivity contribution in [3.05, 3.63) is 35.1 Å². The summed E-state index contributed by atoms with van der Waals surface area (Å²) in [5.41, 5.74) is 6.38. The zero-order valence-electron chi connectivity index (χ0n) is 9.03. The lowest BCUT2D eigenvalue weighted by Gasteiger charge is -2.22. The van der Waals surface area contributed by atoms with E-state index in [0.717, 1.165) is 5.56 Å². The van der Waals surface area contributed by atoms with Crippen LogP contribution >= 0.6 is 0 Å². The molecule has 1 atom stereocenters. The standard InChI is InChI=1S/C12H14FNO2/c1-7-8(3-2-4-9(7)13)12(5-6-12)10(14)11(15)16/h2-4,10H,5-6,14H2,1H3,(H,15,16). The van der Waals surface area contributed by atoms with E-state index < -0.39 is 17.4 Å². The molecule has 1 unspecified atom stereocenters. The molecule has 1 aromatic carbocycles. The van der Waals surface area contributed by atoms with Crippen molar-refractivity contribution in [2.45, 2.75) is 31.2 Å². The topological polar surface area (TPSA) is 63.3 Å². The molecule has 0 spiro atoms. The monoisotopic (exact) mass is 223 g/mol. The molecule has 1 aromatic rings. The first kappa shape index (κ1) is 11.1. The number of benzene rings is 1. The van der Waals surface area contributed by atoms with Gasteiger partial charge in [-0.05, 0) is 37.0 Å².